The van der Waals surface area contributed by atoms with Gasteiger partial charge in [0.2, 0.25) is 0 Å². The van der Waals surface area contributed by atoms with Crippen molar-refractivity contribution in [1.82, 2.24) is 10.3 Å². The van der Waals surface area contributed by atoms with E-state index < -0.39 is 0 Å². The SMILES string of the molecule is CNC(=O)Nc1nc(C)cs1. The number of aryl methyl sites for hydroxylation is 1. The number of urea groups is 1. The van der Waals surface area contributed by atoms with Crippen molar-refractivity contribution >= 4 is 22.5 Å². The van der Waals surface area contributed by atoms with Crippen molar-refractivity contribution in [1.29, 1.82) is 0 Å². The van der Waals surface area contributed by atoms with E-state index in [0.29, 0.717) is 5.13 Å². The molecular formula is C6H9N3OS. The molecule has 60 valence electrons. The van der Waals surface area contributed by atoms with E-state index >= 15 is 0 Å². The van der Waals surface area contributed by atoms with Crippen LogP contribution in [0.4, 0.5) is 9.93 Å². The molecule has 11 heavy (non-hydrogen) atoms. The van der Waals surface area contributed by atoms with Gasteiger partial charge < -0.3 is 5.32 Å². The van der Waals surface area contributed by atoms with Gasteiger partial charge in [0.25, 0.3) is 0 Å². The Balaban J connectivity index is 2.57. The van der Waals surface area contributed by atoms with Gasteiger partial charge in [-0.25, -0.2) is 9.78 Å². The van der Waals surface area contributed by atoms with Crippen LogP contribution in [-0.2, 0) is 0 Å². The first kappa shape index (κ1) is 8.00. The second-order valence-electron chi connectivity index (χ2n) is 2.00. The molecule has 0 aromatic carbocycles. The molecule has 2 N–H and O–H groups in total. The molecule has 1 rings (SSSR count). The molecule has 1 heterocycles. The second kappa shape index (κ2) is 3.34. The first-order chi connectivity index (χ1) is 5.22. The summed E-state index contributed by atoms with van der Waals surface area (Å²) in [5.41, 5.74) is 0.918. The quantitative estimate of drug-likeness (QED) is 0.667. The molecule has 0 spiro atoms. The monoisotopic (exact) mass is 171 g/mol. The lowest BCUT2D eigenvalue weighted by atomic mass is 10.6. The number of carbonyl (C=O) groups excluding carboxylic acids is 1. The van der Waals surface area contributed by atoms with Crippen LogP contribution in [-0.4, -0.2) is 18.1 Å². The summed E-state index contributed by atoms with van der Waals surface area (Å²) in [5.74, 6) is 0. The Labute approximate surface area is 68.6 Å². The summed E-state index contributed by atoms with van der Waals surface area (Å²) in [6, 6.07) is -0.237. The zero-order chi connectivity index (χ0) is 8.27. The van der Waals surface area contributed by atoms with Gasteiger partial charge >= 0.3 is 6.03 Å². The van der Waals surface area contributed by atoms with Crippen LogP contribution in [0.25, 0.3) is 0 Å². The van der Waals surface area contributed by atoms with Crippen LogP contribution >= 0.6 is 11.3 Å². The summed E-state index contributed by atoms with van der Waals surface area (Å²) in [6.45, 7) is 1.88. The van der Waals surface area contributed by atoms with Crippen LogP contribution in [0.3, 0.4) is 0 Å². The Kier molecular flexibility index (Phi) is 2.43. The molecule has 1 aromatic rings. The van der Waals surface area contributed by atoms with Gasteiger partial charge in [0.05, 0.1) is 5.69 Å². The van der Waals surface area contributed by atoms with Gasteiger partial charge in [-0.15, -0.1) is 11.3 Å². The van der Waals surface area contributed by atoms with Crippen LogP contribution in [0.5, 0.6) is 0 Å². The van der Waals surface area contributed by atoms with Crippen molar-refractivity contribution in [2.45, 2.75) is 6.92 Å². The lowest BCUT2D eigenvalue weighted by Gasteiger charge is -1.97. The van der Waals surface area contributed by atoms with Crippen molar-refractivity contribution in [2.75, 3.05) is 12.4 Å². The first-order valence-corrected chi connectivity index (χ1v) is 4.01. The van der Waals surface area contributed by atoms with Gasteiger partial charge in [-0.1, -0.05) is 0 Å². The Morgan fingerprint density at radius 2 is 2.45 bits per heavy atom. The fraction of sp³-hybridized carbons (Fsp3) is 0.333. The summed E-state index contributed by atoms with van der Waals surface area (Å²) in [4.78, 5) is 14.8. The van der Waals surface area contributed by atoms with Crippen molar-refractivity contribution in [3.63, 3.8) is 0 Å². The smallest absolute Gasteiger partial charge is 0.320 e. The molecule has 0 aliphatic carbocycles. The van der Waals surface area contributed by atoms with Gasteiger partial charge in [0.15, 0.2) is 5.13 Å². The van der Waals surface area contributed by atoms with Crippen molar-refractivity contribution in [2.24, 2.45) is 0 Å². The fourth-order valence-corrected chi connectivity index (χ4v) is 1.25. The Morgan fingerprint density at radius 1 is 1.73 bits per heavy atom. The number of amides is 2. The van der Waals surface area contributed by atoms with E-state index in [1.807, 2.05) is 12.3 Å². The van der Waals surface area contributed by atoms with Crippen LogP contribution in [0.2, 0.25) is 0 Å². The predicted molar refractivity (Wildman–Crippen MR) is 44.9 cm³/mol. The number of carbonyl (C=O) groups is 1. The van der Waals surface area contributed by atoms with Crippen LogP contribution in [0, 0.1) is 6.92 Å². The number of hydrogen-bond donors (Lipinski definition) is 2. The highest BCUT2D eigenvalue weighted by atomic mass is 32.1. The van der Waals surface area contributed by atoms with Gasteiger partial charge in [0, 0.05) is 12.4 Å². The number of hydrogen-bond acceptors (Lipinski definition) is 3. The molecule has 0 atom stereocenters. The molecule has 4 nitrogen and oxygen atoms in total. The molecule has 0 aliphatic rings. The summed E-state index contributed by atoms with van der Waals surface area (Å²) in [7, 11) is 1.57. The Bertz CT molecular complexity index is 258. The average Bonchev–Trinajstić information content (AvgIpc) is 2.35. The highest BCUT2D eigenvalue weighted by molar-refractivity contribution is 7.13. The van der Waals surface area contributed by atoms with E-state index in [9.17, 15) is 4.79 Å². The molecule has 0 fully saturated rings. The van der Waals surface area contributed by atoms with Crippen LogP contribution in [0.15, 0.2) is 5.38 Å². The molecule has 0 bridgehead atoms. The Hall–Kier alpha value is -1.10. The maximum atomic E-state index is 10.7. The molecule has 0 saturated heterocycles. The molecule has 5 heteroatoms. The molecule has 0 saturated carbocycles. The maximum Gasteiger partial charge on any atom is 0.320 e. The number of aromatic nitrogens is 1. The molecular weight excluding hydrogens is 162 g/mol. The number of anilines is 1. The predicted octanol–water partition coefficient (Wildman–Crippen LogP) is 1.20. The molecule has 1 aromatic heterocycles. The third-order valence-corrected chi connectivity index (χ3v) is 1.94. The van der Waals surface area contributed by atoms with E-state index in [1.54, 1.807) is 7.05 Å². The fourth-order valence-electron chi connectivity index (χ4n) is 0.571. The van der Waals surface area contributed by atoms with E-state index in [4.69, 9.17) is 0 Å². The number of thiazole rings is 1. The van der Waals surface area contributed by atoms with Crippen molar-refractivity contribution in [3.8, 4) is 0 Å². The highest BCUT2D eigenvalue weighted by Gasteiger charge is 2.00. The van der Waals surface area contributed by atoms with E-state index in [0.717, 1.165) is 5.69 Å². The zero-order valence-corrected chi connectivity index (χ0v) is 7.16. The minimum absolute atomic E-state index is 0.237. The molecule has 0 aliphatic heterocycles. The first-order valence-electron chi connectivity index (χ1n) is 3.13. The zero-order valence-electron chi connectivity index (χ0n) is 6.34. The topological polar surface area (TPSA) is 54.0 Å². The van der Waals surface area contributed by atoms with Crippen molar-refractivity contribution in [3.05, 3.63) is 11.1 Å². The third-order valence-electron chi connectivity index (χ3n) is 1.07. The summed E-state index contributed by atoms with van der Waals surface area (Å²) >= 11 is 1.41. The Morgan fingerprint density at radius 3 is 2.91 bits per heavy atom. The summed E-state index contributed by atoms with van der Waals surface area (Å²) in [6.07, 6.45) is 0. The maximum absolute atomic E-state index is 10.7. The van der Waals surface area contributed by atoms with E-state index in [1.165, 1.54) is 11.3 Å². The van der Waals surface area contributed by atoms with Gasteiger partial charge in [0.1, 0.15) is 0 Å². The van der Waals surface area contributed by atoms with E-state index in [-0.39, 0.29) is 6.03 Å². The third kappa shape index (κ3) is 2.19. The number of nitrogens with zero attached hydrogens (tertiary/aromatic N) is 1. The summed E-state index contributed by atoms with van der Waals surface area (Å²) in [5, 5.41) is 7.52. The molecule has 0 radical (unpaired) electrons. The van der Waals surface area contributed by atoms with Gasteiger partial charge in [-0.2, -0.15) is 0 Å². The molecule has 0 unspecified atom stereocenters. The van der Waals surface area contributed by atoms with Gasteiger partial charge in [-0.3, -0.25) is 5.32 Å². The lowest BCUT2D eigenvalue weighted by Crippen LogP contribution is -2.24. The summed E-state index contributed by atoms with van der Waals surface area (Å²) < 4.78 is 0. The standard InChI is InChI=1S/C6H9N3OS/c1-4-3-11-6(8-4)9-5(10)7-2/h3H,1-2H3,(H2,7,8,9,10). The number of rotatable bonds is 1. The number of nitrogens with one attached hydrogen (secondary N) is 2. The second-order valence-corrected chi connectivity index (χ2v) is 2.86. The lowest BCUT2D eigenvalue weighted by molar-refractivity contribution is 0.254. The van der Waals surface area contributed by atoms with Crippen LogP contribution in [0.1, 0.15) is 5.69 Å². The van der Waals surface area contributed by atoms with Crippen molar-refractivity contribution < 1.29 is 4.79 Å². The average molecular weight is 171 g/mol. The largest absolute Gasteiger partial charge is 0.341 e. The minimum atomic E-state index is -0.237. The van der Waals surface area contributed by atoms with Crippen LogP contribution < -0.4 is 10.6 Å². The van der Waals surface area contributed by atoms with Gasteiger partial charge in [-0.05, 0) is 6.92 Å². The highest BCUT2D eigenvalue weighted by Crippen LogP contribution is 2.13. The normalized spacial score (nSPS) is 9.27. The van der Waals surface area contributed by atoms with E-state index in [2.05, 4.69) is 15.6 Å². The molecule has 2 amide bonds. The minimum Gasteiger partial charge on any atom is -0.341 e.